The van der Waals surface area contributed by atoms with Crippen molar-refractivity contribution in [2.45, 2.75) is 67.0 Å². The van der Waals surface area contributed by atoms with Crippen LogP contribution in [0.4, 0.5) is 5.82 Å². The van der Waals surface area contributed by atoms with Crippen LogP contribution in [0.2, 0.25) is 0 Å². The largest absolute Gasteiger partial charge is 0.348 e. The van der Waals surface area contributed by atoms with Gasteiger partial charge >= 0.3 is 0 Å². The number of carbonyl (C=O) groups is 2. The van der Waals surface area contributed by atoms with Gasteiger partial charge in [-0.05, 0) is 81.1 Å². The SMILES string of the molecule is CCCc1cc(C)[nH]c(=O)c1CNC(=O)c1cc(-c2ccc(NC(C)=O)nc2)cc2c1c(C)cn2C(C)C. The zero-order chi connectivity index (χ0) is 27.6. The molecule has 8 heteroatoms. The van der Waals surface area contributed by atoms with Gasteiger partial charge in [-0.15, -0.1) is 0 Å². The average Bonchev–Trinajstić information content (AvgIpc) is 3.19. The smallest absolute Gasteiger partial charge is 0.253 e. The third kappa shape index (κ3) is 5.54. The lowest BCUT2D eigenvalue weighted by Gasteiger charge is -2.14. The Kier molecular flexibility index (Phi) is 7.80. The Morgan fingerprint density at radius 2 is 1.87 bits per heavy atom. The minimum absolute atomic E-state index is 0.145. The van der Waals surface area contributed by atoms with Crippen molar-refractivity contribution in [1.29, 1.82) is 0 Å². The number of aromatic nitrogens is 3. The molecule has 0 unspecified atom stereocenters. The number of amides is 2. The number of aryl methyl sites for hydroxylation is 3. The number of H-pyrrole nitrogens is 1. The van der Waals surface area contributed by atoms with Crippen LogP contribution in [0.25, 0.3) is 22.0 Å². The highest BCUT2D eigenvalue weighted by atomic mass is 16.2. The van der Waals surface area contributed by atoms with Gasteiger partial charge in [0.25, 0.3) is 11.5 Å². The van der Waals surface area contributed by atoms with E-state index >= 15 is 0 Å². The summed E-state index contributed by atoms with van der Waals surface area (Å²) < 4.78 is 2.16. The summed E-state index contributed by atoms with van der Waals surface area (Å²) in [7, 11) is 0. The van der Waals surface area contributed by atoms with Crippen LogP contribution in [0, 0.1) is 13.8 Å². The second-order valence-electron chi connectivity index (χ2n) is 10.1. The van der Waals surface area contributed by atoms with E-state index in [2.05, 4.69) is 58.2 Å². The quantitative estimate of drug-likeness (QED) is 0.292. The van der Waals surface area contributed by atoms with E-state index in [1.807, 2.05) is 32.0 Å². The number of fused-ring (bicyclic) bond motifs is 1. The Bertz CT molecular complexity index is 1560. The maximum absolute atomic E-state index is 13.7. The first-order chi connectivity index (χ1) is 18.1. The zero-order valence-corrected chi connectivity index (χ0v) is 22.9. The van der Waals surface area contributed by atoms with Crippen molar-refractivity contribution in [3.63, 3.8) is 0 Å². The van der Waals surface area contributed by atoms with Gasteiger partial charge in [-0.25, -0.2) is 4.98 Å². The summed E-state index contributed by atoms with van der Waals surface area (Å²) in [5, 5.41) is 6.57. The number of carbonyl (C=O) groups excluding carboxylic acids is 2. The fourth-order valence-electron chi connectivity index (χ4n) is 4.91. The molecule has 1 aromatic carbocycles. The van der Waals surface area contributed by atoms with Crippen molar-refractivity contribution < 1.29 is 9.59 Å². The van der Waals surface area contributed by atoms with Crippen LogP contribution >= 0.6 is 0 Å². The Balaban J connectivity index is 1.77. The summed E-state index contributed by atoms with van der Waals surface area (Å²) in [5.41, 5.74) is 6.35. The Morgan fingerprint density at radius 1 is 1.11 bits per heavy atom. The third-order valence-electron chi connectivity index (χ3n) is 6.63. The van der Waals surface area contributed by atoms with E-state index in [1.54, 1.807) is 12.3 Å². The topological polar surface area (TPSA) is 109 Å². The predicted molar refractivity (Wildman–Crippen MR) is 152 cm³/mol. The first-order valence-electron chi connectivity index (χ1n) is 13.0. The van der Waals surface area contributed by atoms with Crippen molar-refractivity contribution in [1.82, 2.24) is 19.9 Å². The van der Waals surface area contributed by atoms with Crippen LogP contribution < -0.4 is 16.2 Å². The lowest BCUT2D eigenvalue weighted by molar-refractivity contribution is -0.114. The molecule has 0 spiro atoms. The van der Waals surface area contributed by atoms with Gasteiger partial charge in [0.15, 0.2) is 0 Å². The maximum atomic E-state index is 13.7. The number of rotatable bonds is 8. The Hall–Kier alpha value is -4.20. The van der Waals surface area contributed by atoms with Crippen LogP contribution in [0.1, 0.15) is 72.9 Å². The Labute approximate surface area is 222 Å². The first-order valence-corrected chi connectivity index (χ1v) is 13.0. The summed E-state index contributed by atoms with van der Waals surface area (Å²) in [6.07, 6.45) is 5.43. The molecule has 4 aromatic rings. The van der Waals surface area contributed by atoms with Crippen molar-refractivity contribution in [3.8, 4) is 11.1 Å². The molecule has 198 valence electrons. The standard InChI is InChI=1S/C30H35N5O3/c1-7-8-21-11-19(5)33-30(38)25(21)15-32-29(37)24-12-23(22-9-10-27(31-14-22)34-20(6)36)13-26-28(24)18(4)16-35(26)17(2)3/h9-14,16-17H,7-8,15H2,1-6H3,(H,32,37)(H,33,38)(H,31,34,36). The molecular weight excluding hydrogens is 478 g/mol. The highest BCUT2D eigenvalue weighted by Crippen LogP contribution is 2.33. The van der Waals surface area contributed by atoms with Crippen LogP contribution in [0.15, 0.2) is 47.5 Å². The molecule has 8 nitrogen and oxygen atoms in total. The molecule has 0 atom stereocenters. The Morgan fingerprint density at radius 3 is 2.50 bits per heavy atom. The molecule has 0 bridgehead atoms. The van der Waals surface area contributed by atoms with E-state index in [1.165, 1.54) is 6.92 Å². The molecule has 3 heterocycles. The molecule has 0 aliphatic carbocycles. The normalized spacial score (nSPS) is 11.2. The molecule has 0 saturated carbocycles. The van der Waals surface area contributed by atoms with E-state index in [0.717, 1.165) is 51.7 Å². The number of benzene rings is 1. The van der Waals surface area contributed by atoms with Crippen LogP contribution in [0.3, 0.4) is 0 Å². The fraction of sp³-hybridized carbons (Fsp3) is 0.333. The van der Waals surface area contributed by atoms with E-state index in [9.17, 15) is 14.4 Å². The monoisotopic (exact) mass is 513 g/mol. The lowest BCUT2D eigenvalue weighted by atomic mass is 9.98. The van der Waals surface area contributed by atoms with Crippen LogP contribution in [-0.4, -0.2) is 26.3 Å². The van der Waals surface area contributed by atoms with E-state index in [4.69, 9.17) is 0 Å². The molecular formula is C30H35N5O3. The second-order valence-corrected chi connectivity index (χ2v) is 10.1. The average molecular weight is 514 g/mol. The summed E-state index contributed by atoms with van der Waals surface area (Å²) >= 11 is 0. The van der Waals surface area contributed by atoms with Crippen LogP contribution in [0.5, 0.6) is 0 Å². The summed E-state index contributed by atoms with van der Waals surface area (Å²) in [4.78, 5) is 45.0. The molecule has 0 radical (unpaired) electrons. The van der Waals surface area contributed by atoms with Crippen molar-refractivity contribution in [3.05, 3.63) is 81.0 Å². The van der Waals surface area contributed by atoms with Gasteiger partial charge in [-0.1, -0.05) is 13.3 Å². The van der Waals surface area contributed by atoms with Gasteiger partial charge in [0, 0.05) is 65.2 Å². The number of pyridine rings is 2. The number of aromatic amines is 1. The molecule has 0 fully saturated rings. The highest BCUT2D eigenvalue weighted by Gasteiger charge is 2.20. The zero-order valence-electron chi connectivity index (χ0n) is 22.9. The third-order valence-corrected chi connectivity index (χ3v) is 6.63. The van der Waals surface area contributed by atoms with Gasteiger partial charge in [-0.2, -0.15) is 0 Å². The lowest BCUT2D eigenvalue weighted by Crippen LogP contribution is -2.28. The molecule has 0 saturated heterocycles. The first kappa shape index (κ1) is 26.9. The predicted octanol–water partition coefficient (Wildman–Crippen LogP) is 5.43. The molecule has 3 aromatic heterocycles. The molecule has 2 amide bonds. The van der Waals surface area contributed by atoms with Crippen molar-refractivity contribution in [2.75, 3.05) is 5.32 Å². The van der Waals surface area contributed by atoms with Gasteiger partial charge in [-0.3, -0.25) is 14.4 Å². The highest BCUT2D eigenvalue weighted by molar-refractivity contribution is 6.09. The summed E-state index contributed by atoms with van der Waals surface area (Å²) in [6, 6.07) is 9.73. The van der Waals surface area contributed by atoms with E-state index in [0.29, 0.717) is 16.9 Å². The van der Waals surface area contributed by atoms with Crippen molar-refractivity contribution in [2.24, 2.45) is 0 Å². The minimum atomic E-state index is -0.244. The fourth-order valence-corrected chi connectivity index (χ4v) is 4.91. The van der Waals surface area contributed by atoms with Crippen LogP contribution in [-0.2, 0) is 17.8 Å². The summed E-state index contributed by atoms with van der Waals surface area (Å²) in [6.45, 7) is 11.7. The van der Waals surface area contributed by atoms with Gasteiger partial charge < -0.3 is 20.2 Å². The molecule has 0 aliphatic heterocycles. The molecule has 0 aliphatic rings. The second kappa shape index (κ2) is 11.0. The number of hydrogen-bond donors (Lipinski definition) is 3. The summed E-state index contributed by atoms with van der Waals surface area (Å²) in [5.74, 6) is 0.0324. The number of anilines is 1. The van der Waals surface area contributed by atoms with Gasteiger partial charge in [0.1, 0.15) is 5.82 Å². The number of hydrogen-bond acceptors (Lipinski definition) is 4. The van der Waals surface area contributed by atoms with E-state index < -0.39 is 0 Å². The van der Waals surface area contributed by atoms with Gasteiger partial charge in [0.2, 0.25) is 5.91 Å². The molecule has 3 N–H and O–H groups in total. The maximum Gasteiger partial charge on any atom is 0.253 e. The number of nitrogens with one attached hydrogen (secondary N) is 3. The number of nitrogens with zero attached hydrogens (tertiary/aromatic N) is 2. The van der Waals surface area contributed by atoms with Gasteiger partial charge in [0.05, 0.1) is 0 Å². The van der Waals surface area contributed by atoms with Crippen molar-refractivity contribution >= 4 is 28.5 Å². The van der Waals surface area contributed by atoms with E-state index in [-0.39, 0.29) is 30.0 Å². The molecule has 38 heavy (non-hydrogen) atoms. The molecule has 4 rings (SSSR count). The minimum Gasteiger partial charge on any atom is -0.348 e.